The van der Waals surface area contributed by atoms with Crippen molar-refractivity contribution in [1.82, 2.24) is 9.47 Å². The summed E-state index contributed by atoms with van der Waals surface area (Å²) in [6.45, 7) is 2.99. The number of fused-ring (bicyclic) bond motifs is 1. The third-order valence-electron chi connectivity index (χ3n) is 6.45. The average molecular weight is 432 g/mol. The van der Waals surface area contributed by atoms with Crippen LogP contribution < -0.4 is 0 Å². The molecule has 0 saturated carbocycles. The topological polar surface area (TPSA) is 58.6 Å². The van der Waals surface area contributed by atoms with Crippen molar-refractivity contribution in [3.63, 3.8) is 0 Å². The summed E-state index contributed by atoms with van der Waals surface area (Å²) in [5.41, 5.74) is 3.35. The first kappa shape index (κ1) is 20.5. The molecule has 0 unspecified atom stereocenters. The van der Waals surface area contributed by atoms with Crippen LogP contribution in [-0.2, 0) is 13.1 Å². The number of hydrogen-bond acceptors (Lipinski definition) is 3. The molecule has 5 rings (SSSR count). The lowest BCUT2D eigenvalue weighted by molar-refractivity contribution is 0.0694. The SMILES string of the molecule is O=C(O)c1ccccc1CN1CCC(c2cn(Cc3ccco3)c3cc(F)ccc23)CC1. The van der Waals surface area contributed by atoms with Crippen LogP contribution in [0.4, 0.5) is 4.39 Å². The van der Waals surface area contributed by atoms with Gasteiger partial charge in [-0.2, -0.15) is 0 Å². The van der Waals surface area contributed by atoms with Crippen molar-refractivity contribution < 1.29 is 18.7 Å². The van der Waals surface area contributed by atoms with E-state index in [1.165, 1.54) is 11.6 Å². The number of hydrogen-bond donors (Lipinski definition) is 1. The van der Waals surface area contributed by atoms with Crippen LogP contribution in [0.5, 0.6) is 0 Å². The van der Waals surface area contributed by atoms with Gasteiger partial charge in [0.1, 0.15) is 11.6 Å². The summed E-state index contributed by atoms with van der Waals surface area (Å²) in [5, 5.41) is 10.5. The number of carboxylic acids is 1. The number of nitrogens with zero attached hydrogens (tertiary/aromatic N) is 2. The Morgan fingerprint density at radius 1 is 1.06 bits per heavy atom. The number of aromatic nitrogens is 1. The quantitative estimate of drug-likeness (QED) is 0.437. The normalized spacial score (nSPS) is 15.4. The Morgan fingerprint density at radius 2 is 1.88 bits per heavy atom. The van der Waals surface area contributed by atoms with E-state index in [1.807, 2.05) is 30.3 Å². The molecule has 3 heterocycles. The molecule has 2 aromatic carbocycles. The molecule has 6 heteroatoms. The molecule has 4 aromatic rings. The molecule has 32 heavy (non-hydrogen) atoms. The monoisotopic (exact) mass is 432 g/mol. The molecule has 164 valence electrons. The van der Waals surface area contributed by atoms with Crippen LogP contribution >= 0.6 is 0 Å². The number of furan rings is 1. The molecule has 0 atom stereocenters. The molecule has 1 aliphatic heterocycles. The summed E-state index contributed by atoms with van der Waals surface area (Å²) >= 11 is 0. The van der Waals surface area contributed by atoms with Gasteiger partial charge in [0, 0.05) is 18.1 Å². The highest BCUT2D eigenvalue weighted by Gasteiger charge is 2.25. The predicted octanol–water partition coefficient (Wildman–Crippen LogP) is 5.50. The summed E-state index contributed by atoms with van der Waals surface area (Å²) in [6, 6.07) is 16.0. The standard InChI is InChI=1S/C26H25FN2O3/c27-20-7-8-23-24(17-29(25(23)14-20)16-21-5-3-13-32-21)18-9-11-28(12-10-18)15-19-4-1-2-6-22(19)26(30)31/h1-8,13-14,17-18H,9-12,15-16H2,(H,30,31). The molecule has 1 fully saturated rings. The average Bonchev–Trinajstić information content (AvgIpc) is 3.43. The zero-order valence-electron chi connectivity index (χ0n) is 17.7. The van der Waals surface area contributed by atoms with E-state index < -0.39 is 5.97 Å². The van der Waals surface area contributed by atoms with E-state index in [9.17, 15) is 14.3 Å². The first-order chi connectivity index (χ1) is 15.6. The molecule has 0 spiro atoms. The first-order valence-corrected chi connectivity index (χ1v) is 10.9. The second kappa shape index (κ2) is 8.63. The fourth-order valence-electron chi connectivity index (χ4n) is 4.83. The summed E-state index contributed by atoms with van der Waals surface area (Å²) in [7, 11) is 0. The molecule has 0 amide bonds. The van der Waals surface area contributed by atoms with E-state index >= 15 is 0 Å². The van der Waals surface area contributed by atoms with Gasteiger partial charge in [-0.05, 0) is 79.4 Å². The molecule has 0 aliphatic carbocycles. The fraction of sp³-hybridized carbons (Fsp3) is 0.269. The summed E-state index contributed by atoms with van der Waals surface area (Å²) in [5.74, 6) is 0.0956. The Hall–Kier alpha value is -3.38. The lowest BCUT2D eigenvalue weighted by Gasteiger charge is -2.32. The molecule has 5 nitrogen and oxygen atoms in total. The Kier molecular flexibility index (Phi) is 5.53. The molecule has 0 bridgehead atoms. The minimum Gasteiger partial charge on any atom is -0.478 e. The maximum absolute atomic E-state index is 14.0. The lowest BCUT2D eigenvalue weighted by Crippen LogP contribution is -2.33. The molecule has 2 aromatic heterocycles. The van der Waals surface area contributed by atoms with Crippen LogP contribution in [0.15, 0.2) is 71.5 Å². The second-order valence-corrected chi connectivity index (χ2v) is 8.47. The van der Waals surface area contributed by atoms with Crippen LogP contribution in [-0.4, -0.2) is 33.6 Å². The van der Waals surface area contributed by atoms with E-state index in [1.54, 1.807) is 24.5 Å². The number of halogens is 1. The van der Waals surface area contributed by atoms with Gasteiger partial charge in [0.25, 0.3) is 0 Å². The molecule has 1 aliphatic rings. The van der Waals surface area contributed by atoms with Gasteiger partial charge in [-0.25, -0.2) is 9.18 Å². The zero-order valence-corrected chi connectivity index (χ0v) is 17.7. The number of piperidine rings is 1. The van der Waals surface area contributed by atoms with Crippen molar-refractivity contribution in [2.24, 2.45) is 0 Å². The number of carboxylic acid groups (broad SMARTS) is 1. The largest absolute Gasteiger partial charge is 0.478 e. The van der Waals surface area contributed by atoms with Crippen LogP contribution in [0, 0.1) is 5.82 Å². The Bertz CT molecular complexity index is 1240. The maximum atomic E-state index is 14.0. The van der Waals surface area contributed by atoms with Crippen molar-refractivity contribution in [2.45, 2.75) is 31.8 Å². The number of aromatic carboxylic acids is 1. The van der Waals surface area contributed by atoms with E-state index in [4.69, 9.17) is 4.42 Å². The summed E-state index contributed by atoms with van der Waals surface area (Å²) in [6.07, 6.45) is 5.76. The molecule has 0 radical (unpaired) electrons. The van der Waals surface area contributed by atoms with E-state index in [2.05, 4.69) is 15.7 Å². The molecule has 1 saturated heterocycles. The zero-order chi connectivity index (χ0) is 22.1. The fourth-order valence-corrected chi connectivity index (χ4v) is 4.83. The Balaban J connectivity index is 1.35. The van der Waals surface area contributed by atoms with Crippen molar-refractivity contribution >= 4 is 16.9 Å². The van der Waals surface area contributed by atoms with Gasteiger partial charge >= 0.3 is 5.97 Å². The van der Waals surface area contributed by atoms with E-state index in [-0.39, 0.29) is 5.82 Å². The van der Waals surface area contributed by atoms with Gasteiger partial charge in [-0.15, -0.1) is 0 Å². The summed E-state index contributed by atoms with van der Waals surface area (Å²) in [4.78, 5) is 13.8. The number of benzene rings is 2. The van der Waals surface area contributed by atoms with Gasteiger partial charge < -0.3 is 14.1 Å². The Morgan fingerprint density at radius 3 is 2.62 bits per heavy atom. The molecular weight excluding hydrogens is 407 g/mol. The first-order valence-electron chi connectivity index (χ1n) is 10.9. The number of likely N-dealkylation sites (tertiary alicyclic amines) is 1. The van der Waals surface area contributed by atoms with Crippen LogP contribution in [0.1, 0.15) is 46.0 Å². The predicted molar refractivity (Wildman–Crippen MR) is 120 cm³/mol. The third-order valence-corrected chi connectivity index (χ3v) is 6.45. The van der Waals surface area contributed by atoms with Crippen LogP contribution in [0.3, 0.4) is 0 Å². The van der Waals surface area contributed by atoms with Crippen molar-refractivity contribution in [3.05, 3.63) is 95.3 Å². The minimum absolute atomic E-state index is 0.241. The summed E-state index contributed by atoms with van der Waals surface area (Å²) < 4.78 is 21.6. The highest BCUT2D eigenvalue weighted by molar-refractivity contribution is 5.89. The molecule has 1 N–H and O–H groups in total. The van der Waals surface area contributed by atoms with Crippen molar-refractivity contribution in [1.29, 1.82) is 0 Å². The van der Waals surface area contributed by atoms with Gasteiger partial charge in [0.15, 0.2) is 0 Å². The van der Waals surface area contributed by atoms with Gasteiger partial charge in [-0.1, -0.05) is 18.2 Å². The van der Waals surface area contributed by atoms with Crippen molar-refractivity contribution in [2.75, 3.05) is 13.1 Å². The van der Waals surface area contributed by atoms with Gasteiger partial charge in [0.2, 0.25) is 0 Å². The number of carbonyl (C=O) groups is 1. The molecular formula is C26H25FN2O3. The minimum atomic E-state index is -0.882. The van der Waals surface area contributed by atoms with Gasteiger partial charge in [0.05, 0.1) is 23.9 Å². The highest BCUT2D eigenvalue weighted by atomic mass is 19.1. The van der Waals surface area contributed by atoms with Crippen LogP contribution in [0.2, 0.25) is 0 Å². The van der Waals surface area contributed by atoms with Crippen LogP contribution in [0.25, 0.3) is 10.9 Å². The lowest BCUT2D eigenvalue weighted by atomic mass is 9.89. The maximum Gasteiger partial charge on any atom is 0.336 e. The highest BCUT2D eigenvalue weighted by Crippen LogP contribution is 2.35. The van der Waals surface area contributed by atoms with E-state index in [0.29, 0.717) is 24.6 Å². The van der Waals surface area contributed by atoms with E-state index in [0.717, 1.165) is 48.2 Å². The Labute approximate surface area is 185 Å². The van der Waals surface area contributed by atoms with Gasteiger partial charge in [-0.3, -0.25) is 4.90 Å². The smallest absolute Gasteiger partial charge is 0.336 e. The second-order valence-electron chi connectivity index (χ2n) is 8.47. The number of rotatable bonds is 6. The van der Waals surface area contributed by atoms with Crippen molar-refractivity contribution in [3.8, 4) is 0 Å². The third kappa shape index (κ3) is 4.06.